The van der Waals surface area contributed by atoms with Gasteiger partial charge in [0.25, 0.3) is 0 Å². The van der Waals surface area contributed by atoms with Crippen LogP contribution in [-0.4, -0.2) is 27.2 Å². The van der Waals surface area contributed by atoms with Crippen LogP contribution in [-0.2, 0) is 15.6 Å². The largest absolute Gasteiger partial charge is 0.497 e. The van der Waals surface area contributed by atoms with Gasteiger partial charge in [-0.3, -0.25) is 14.2 Å². The lowest BCUT2D eigenvalue weighted by Gasteiger charge is -2.38. The van der Waals surface area contributed by atoms with Crippen LogP contribution in [0, 0.1) is 5.92 Å². The molecule has 1 aromatic rings. The van der Waals surface area contributed by atoms with E-state index in [0.717, 1.165) is 25.7 Å². The smallest absolute Gasteiger partial charge is 0.244 e. The molecule has 1 aliphatic carbocycles. The average Bonchev–Trinajstić information content (AvgIpc) is 2.56. The Morgan fingerprint density at radius 1 is 1.36 bits per heavy atom. The van der Waals surface area contributed by atoms with Gasteiger partial charge in [-0.2, -0.15) is 0 Å². The molecule has 0 heterocycles. The van der Waals surface area contributed by atoms with E-state index in [2.05, 4.69) is 6.92 Å². The Morgan fingerprint density at radius 2 is 1.95 bits per heavy atom. The number of benzene rings is 1. The summed E-state index contributed by atoms with van der Waals surface area (Å²) in [6.07, 6.45) is 3.41. The van der Waals surface area contributed by atoms with Crippen molar-refractivity contribution >= 4 is 16.7 Å². The molecule has 2 rings (SSSR count). The molecular formula is C16H23NO4S. The summed E-state index contributed by atoms with van der Waals surface area (Å²) in [4.78, 5) is 12.4. The highest BCUT2D eigenvalue weighted by atomic mass is 32.2. The van der Waals surface area contributed by atoms with Crippen LogP contribution in [0.1, 0.15) is 39.0 Å². The number of amides is 1. The van der Waals surface area contributed by atoms with Crippen LogP contribution in [0.3, 0.4) is 0 Å². The number of carbonyl (C=O) groups excluding carboxylic acids is 1. The van der Waals surface area contributed by atoms with Crippen molar-refractivity contribution in [3.05, 3.63) is 24.3 Å². The van der Waals surface area contributed by atoms with Crippen molar-refractivity contribution in [2.24, 2.45) is 5.92 Å². The Labute approximate surface area is 133 Å². The molecule has 0 aliphatic heterocycles. The Hall–Kier alpha value is -1.40. The Morgan fingerprint density at radius 3 is 2.45 bits per heavy atom. The Bertz CT molecular complexity index is 536. The summed E-state index contributed by atoms with van der Waals surface area (Å²) < 4.78 is 17.6. The molecule has 0 saturated heterocycles. The van der Waals surface area contributed by atoms with Gasteiger partial charge in [-0.1, -0.05) is 6.92 Å². The summed E-state index contributed by atoms with van der Waals surface area (Å²) in [5, 5.41) is 8.84. The number of hydrogen-bond donors (Lipinski definition) is 2. The predicted octanol–water partition coefficient (Wildman–Crippen LogP) is 2.65. The molecule has 1 atom stereocenters. The summed E-state index contributed by atoms with van der Waals surface area (Å²) in [5.74, 6) is 0.815. The minimum absolute atomic E-state index is 0.0782. The molecule has 2 N–H and O–H groups in total. The van der Waals surface area contributed by atoms with Gasteiger partial charge in [0.2, 0.25) is 5.91 Å². The molecule has 1 unspecified atom stereocenters. The lowest BCUT2D eigenvalue weighted by atomic mass is 9.80. The summed E-state index contributed by atoms with van der Waals surface area (Å²) in [6, 6.07) is 7.12. The first-order chi connectivity index (χ1) is 10.5. The van der Waals surface area contributed by atoms with E-state index >= 15 is 0 Å². The molecule has 1 saturated carbocycles. The van der Waals surface area contributed by atoms with Gasteiger partial charge in [0.15, 0.2) is 0 Å². The van der Waals surface area contributed by atoms with Crippen LogP contribution in [0.15, 0.2) is 29.2 Å². The summed E-state index contributed by atoms with van der Waals surface area (Å²) >= 11 is 0. The molecule has 1 fully saturated rings. The molecule has 1 amide bonds. The van der Waals surface area contributed by atoms with Crippen molar-refractivity contribution in [3.8, 4) is 5.75 Å². The quantitative estimate of drug-likeness (QED) is 0.644. The van der Waals surface area contributed by atoms with E-state index in [9.17, 15) is 9.00 Å². The number of rotatable bonds is 5. The first kappa shape index (κ1) is 17.0. The zero-order valence-corrected chi connectivity index (χ0v) is 13.8. The van der Waals surface area contributed by atoms with E-state index in [1.807, 2.05) is 0 Å². The van der Waals surface area contributed by atoms with Gasteiger partial charge in [-0.15, -0.1) is 0 Å². The topological polar surface area (TPSA) is 75.6 Å². The number of methoxy groups -OCH3 is 1. The van der Waals surface area contributed by atoms with Gasteiger partial charge in [0, 0.05) is 11.3 Å². The fourth-order valence-electron chi connectivity index (χ4n) is 3.00. The van der Waals surface area contributed by atoms with Gasteiger partial charge in [0.1, 0.15) is 5.75 Å². The minimum atomic E-state index is -1.30. The molecule has 22 heavy (non-hydrogen) atoms. The minimum Gasteiger partial charge on any atom is -0.497 e. The van der Waals surface area contributed by atoms with Crippen LogP contribution in [0.25, 0.3) is 0 Å². The van der Waals surface area contributed by atoms with E-state index in [4.69, 9.17) is 9.94 Å². The number of hydroxylamine groups is 1. The lowest BCUT2D eigenvalue weighted by molar-refractivity contribution is -0.130. The SMILES string of the molecule is COc1ccc(S(=O)C2(CC(=O)NO)CCC(C)CC2)cc1. The van der Waals surface area contributed by atoms with Crippen molar-refractivity contribution in [2.45, 2.75) is 48.7 Å². The fraction of sp³-hybridized carbons (Fsp3) is 0.562. The Balaban J connectivity index is 2.26. The molecule has 1 aliphatic rings. The van der Waals surface area contributed by atoms with Crippen LogP contribution in [0.2, 0.25) is 0 Å². The van der Waals surface area contributed by atoms with E-state index < -0.39 is 21.5 Å². The van der Waals surface area contributed by atoms with Gasteiger partial charge < -0.3 is 4.74 Å². The average molecular weight is 325 g/mol. The summed E-state index contributed by atoms with van der Waals surface area (Å²) in [6.45, 7) is 2.17. The highest BCUT2D eigenvalue weighted by molar-refractivity contribution is 7.86. The molecule has 5 nitrogen and oxygen atoms in total. The zero-order valence-electron chi connectivity index (χ0n) is 13.0. The van der Waals surface area contributed by atoms with Gasteiger partial charge in [-0.05, 0) is 55.9 Å². The zero-order chi connectivity index (χ0) is 16.2. The van der Waals surface area contributed by atoms with E-state index in [1.165, 1.54) is 0 Å². The molecule has 0 aromatic heterocycles. The summed E-state index contributed by atoms with van der Waals surface area (Å²) in [7, 11) is 0.282. The fourth-order valence-corrected chi connectivity index (χ4v) is 4.75. The predicted molar refractivity (Wildman–Crippen MR) is 84.3 cm³/mol. The molecule has 122 valence electrons. The van der Waals surface area contributed by atoms with Crippen molar-refractivity contribution in [1.82, 2.24) is 5.48 Å². The second-order valence-corrected chi connectivity index (χ2v) is 7.90. The van der Waals surface area contributed by atoms with Crippen LogP contribution >= 0.6 is 0 Å². The second kappa shape index (κ2) is 7.24. The maximum absolute atomic E-state index is 13.1. The highest BCUT2D eigenvalue weighted by Gasteiger charge is 2.42. The van der Waals surface area contributed by atoms with Gasteiger partial charge in [-0.25, -0.2) is 5.48 Å². The first-order valence-electron chi connectivity index (χ1n) is 7.49. The normalized spacial score (nSPS) is 26.2. The molecule has 0 spiro atoms. The highest BCUT2D eigenvalue weighted by Crippen LogP contribution is 2.41. The van der Waals surface area contributed by atoms with E-state index in [-0.39, 0.29) is 6.42 Å². The van der Waals surface area contributed by atoms with Crippen molar-refractivity contribution in [3.63, 3.8) is 0 Å². The third-order valence-corrected chi connectivity index (χ3v) is 6.50. The van der Waals surface area contributed by atoms with Crippen LogP contribution < -0.4 is 10.2 Å². The van der Waals surface area contributed by atoms with Crippen molar-refractivity contribution < 1.29 is 18.9 Å². The molecule has 0 bridgehead atoms. The molecular weight excluding hydrogens is 302 g/mol. The van der Waals surface area contributed by atoms with E-state index in [1.54, 1.807) is 36.9 Å². The van der Waals surface area contributed by atoms with Crippen molar-refractivity contribution in [1.29, 1.82) is 0 Å². The van der Waals surface area contributed by atoms with Gasteiger partial charge in [0.05, 0.1) is 22.7 Å². The number of carbonyl (C=O) groups is 1. The third-order valence-electron chi connectivity index (χ3n) is 4.46. The number of ether oxygens (including phenoxy) is 1. The first-order valence-corrected chi connectivity index (χ1v) is 8.64. The monoisotopic (exact) mass is 325 g/mol. The third kappa shape index (κ3) is 3.67. The maximum Gasteiger partial charge on any atom is 0.244 e. The summed E-state index contributed by atoms with van der Waals surface area (Å²) in [5.41, 5.74) is 1.68. The number of hydrogen-bond acceptors (Lipinski definition) is 4. The van der Waals surface area contributed by atoms with Crippen LogP contribution in [0.5, 0.6) is 5.75 Å². The van der Waals surface area contributed by atoms with E-state index in [0.29, 0.717) is 16.6 Å². The Kier molecular flexibility index (Phi) is 5.58. The van der Waals surface area contributed by atoms with Crippen LogP contribution in [0.4, 0.5) is 0 Å². The number of nitrogens with one attached hydrogen (secondary N) is 1. The standard InChI is InChI=1S/C16H23NO4S/c1-12-7-9-16(10-8-12,11-15(18)17-19)22(20)14-5-3-13(21-2)4-6-14/h3-6,12,19H,7-11H2,1-2H3,(H,17,18). The molecule has 0 radical (unpaired) electrons. The van der Waals surface area contributed by atoms with Crippen molar-refractivity contribution in [2.75, 3.05) is 7.11 Å². The second-order valence-electron chi connectivity index (χ2n) is 6.02. The molecule has 6 heteroatoms. The maximum atomic E-state index is 13.1. The molecule has 1 aromatic carbocycles. The lowest BCUT2D eigenvalue weighted by Crippen LogP contribution is -2.42. The van der Waals surface area contributed by atoms with Gasteiger partial charge >= 0.3 is 0 Å².